The largest absolute Gasteiger partial charge is 0.503 e. The topological polar surface area (TPSA) is 115 Å². The van der Waals surface area contributed by atoms with Crippen molar-refractivity contribution >= 4 is 28.2 Å². The maximum Gasteiger partial charge on any atom is 0.296 e. The van der Waals surface area contributed by atoms with Gasteiger partial charge in [0, 0.05) is 11.5 Å². The Balaban J connectivity index is 1.93. The fourth-order valence-electron chi connectivity index (χ4n) is 3.48. The van der Waals surface area contributed by atoms with Crippen LogP contribution in [0.3, 0.4) is 0 Å². The van der Waals surface area contributed by atoms with Gasteiger partial charge in [0.1, 0.15) is 22.5 Å². The van der Waals surface area contributed by atoms with Crippen LogP contribution in [0.2, 0.25) is 0 Å². The van der Waals surface area contributed by atoms with E-state index in [1.54, 1.807) is 24.3 Å². The third-order valence-corrected chi connectivity index (χ3v) is 6.28. The minimum absolute atomic E-state index is 0.00630. The van der Waals surface area contributed by atoms with Crippen molar-refractivity contribution < 1.29 is 28.6 Å². The first-order valence-corrected chi connectivity index (χ1v) is 10.6. The molecule has 0 bridgehead atoms. The highest BCUT2D eigenvalue weighted by molar-refractivity contribution is 7.15. The van der Waals surface area contributed by atoms with Crippen molar-refractivity contribution in [2.24, 2.45) is 0 Å². The molecule has 1 aliphatic rings. The normalized spacial score (nSPS) is 16.2. The second kappa shape index (κ2) is 8.46. The number of Topliss-reactive ketones (excluding diaryl/α,β-unsaturated/α-hetero) is 1. The van der Waals surface area contributed by atoms with E-state index in [-0.39, 0.29) is 22.4 Å². The van der Waals surface area contributed by atoms with Crippen molar-refractivity contribution in [1.29, 1.82) is 0 Å². The van der Waals surface area contributed by atoms with Crippen molar-refractivity contribution in [2.75, 3.05) is 19.1 Å². The number of rotatable bonds is 7. The van der Waals surface area contributed by atoms with E-state index < -0.39 is 23.5 Å². The maximum absolute atomic E-state index is 13.3. The Kier molecular flexibility index (Phi) is 5.70. The Morgan fingerprint density at radius 3 is 2.59 bits per heavy atom. The van der Waals surface area contributed by atoms with Crippen LogP contribution in [0.5, 0.6) is 11.5 Å². The average molecular weight is 455 g/mol. The minimum Gasteiger partial charge on any atom is -0.503 e. The number of ether oxygens (including phenoxy) is 2. The van der Waals surface area contributed by atoms with Crippen molar-refractivity contribution in [2.45, 2.75) is 25.8 Å². The molecular weight excluding hydrogens is 434 g/mol. The number of furan rings is 1. The molecule has 0 saturated heterocycles. The molecule has 1 amide bonds. The van der Waals surface area contributed by atoms with Gasteiger partial charge in [-0.3, -0.25) is 14.5 Å². The van der Waals surface area contributed by atoms with Crippen LogP contribution in [0.25, 0.3) is 0 Å². The van der Waals surface area contributed by atoms with E-state index in [1.165, 1.54) is 42.8 Å². The predicted molar refractivity (Wildman–Crippen MR) is 116 cm³/mol. The van der Waals surface area contributed by atoms with Crippen LogP contribution >= 0.6 is 11.3 Å². The predicted octanol–water partition coefficient (Wildman–Crippen LogP) is 4.05. The Morgan fingerprint density at radius 2 is 2.00 bits per heavy atom. The lowest BCUT2D eigenvalue weighted by Crippen LogP contribution is -2.31. The molecule has 0 radical (unpaired) electrons. The summed E-state index contributed by atoms with van der Waals surface area (Å²) in [5.74, 6) is -1.08. The molecule has 32 heavy (non-hydrogen) atoms. The van der Waals surface area contributed by atoms with Crippen LogP contribution in [0.15, 0.2) is 52.3 Å². The summed E-state index contributed by atoms with van der Waals surface area (Å²) >= 11 is 1.22. The molecule has 3 aromatic rings. The minimum atomic E-state index is -1.03. The number of benzene rings is 1. The molecule has 0 spiro atoms. The van der Waals surface area contributed by atoms with E-state index in [0.29, 0.717) is 17.1 Å². The summed E-state index contributed by atoms with van der Waals surface area (Å²) in [4.78, 5) is 27.8. The quantitative estimate of drug-likeness (QED) is 0.531. The van der Waals surface area contributed by atoms with E-state index in [2.05, 4.69) is 10.2 Å². The number of amides is 1. The number of carbonyl (C=O) groups excluding carboxylic acids is 2. The molecule has 1 atom stereocenters. The summed E-state index contributed by atoms with van der Waals surface area (Å²) in [5, 5.41) is 20.1. The van der Waals surface area contributed by atoms with Crippen LogP contribution in [0.1, 0.15) is 46.9 Å². The first-order chi connectivity index (χ1) is 15.4. The zero-order chi connectivity index (χ0) is 23.0. The molecule has 3 heterocycles. The molecule has 1 N–H and O–H groups in total. The number of nitrogens with zero attached hydrogens (tertiary/aromatic N) is 3. The van der Waals surface area contributed by atoms with Gasteiger partial charge < -0.3 is 19.0 Å². The lowest BCUT2D eigenvalue weighted by molar-refractivity contribution is -0.117. The van der Waals surface area contributed by atoms with E-state index in [4.69, 9.17) is 13.9 Å². The Morgan fingerprint density at radius 1 is 1.22 bits per heavy atom. The molecule has 0 fully saturated rings. The van der Waals surface area contributed by atoms with E-state index in [9.17, 15) is 14.7 Å². The van der Waals surface area contributed by atoms with Crippen molar-refractivity contribution in [3.8, 4) is 11.5 Å². The lowest BCUT2D eigenvalue weighted by atomic mass is 9.94. The van der Waals surface area contributed by atoms with Gasteiger partial charge in [-0.05, 0) is 30.3 Å². The molecule has 0 aliphatic carbocycles. The number of aliphatic hydroxyl groups excluding tert-OH is 1. The number of aliphatic hydroxyl groups is 1. The van der Waals surface area contributed by atoms with Gasteiger partial charge in [-0.1, -0.05) is 25.2 Å². The van der Waals surface area contributed by atoms with Crippen LogP contribution in [-0.2, 0) is 4.79 Å². The van der Waals surface area contributed by atoms with E-state index in [0.717, 1.165) is 5.01 Å². The summed E-state index contributed by atoms with van der Waals surface area (Å²) in [6.07, 6.45) is 1.35. The van der Waals surface area contributed by atoms with Gasteiger partial charge in [0.2, 0.25) is 10.9 Å². The highest BCUT2D eigenvalue weighted by atomic mass is 32.1. The standard InChI is InChI=1S/C22H21N3O6S/c1-11(2)20-23-24-22(32-20)25-17(13-10-12(29-3)7-8-14(13)30-4)16(19(27)21(25)28)18(26)15-6-5-9-31-15/h5-11,17,27H,1-4H3/t17-/m1/s1. The smallest absolute Gasteiger partial charge is 0.296 e. The summed E-state index contributed by atoms with van der Waals surface area (Å²) in [6.45, 7) is 3.92. The number of carbonyl (C=O) groups is 2. The highest BCUT2D eigenvalue weighted by Gasteiger charge is 2.47. The van der Waals surface area contributed by atoms with Crippen molar-refractivity contribution in [3.63, 3.8) is 0 Å². The second-order valence-corrected chi connectivity index (χ2v) is 8.32. The Hall–Kier alpha value is -3.66. The second-order valence-electron chi connectivity index (χ2n) is 7.33. The van der Waals surface area contributed by atoms with Crippen LogP contribution < -0.4 is 14.4 Å². The fourth-order valence-corrected chi connectivity index (χ4v) is 4.35. The van der Waals surface area contributed by atoms with Crippen molar-refractivity contribution in [1.82, 2.24) is 10.2 Å². The average Bonchev–Trinajstić information content (AvgIpc) is 3.53. The first kappa shape index (κ1) is 21.6. The zero-order valence-electron chi connectivity index (χ0n) is 17.9. The molecule has 1 aromatic carbocycles. The van der Waals surface area contributed by atoms with Crippen LogP contribution in [-0.4, -0.2) is 41.2 Å². The highest BCUT2D eigenvalue weighted by Crippen LogP contribution is 2.46. The molecule has 1 aliphatic heterocycles. The monoisotopic (exact) mass is 455 g/mol. The SMILES string of the molecule is COc1ccc(OC)c([C@@H]2C(C(=O)c3ccco3)=C(O)C(=O)N2c2nnc(C(C)C)s2)c1. The van der Waals surface area contributed by atoms with Gasteiger partial charge in [0.25, 0.3) is 5.91 Å². The van der Waals surface area contributed by atoms with Gasteiger partial charge in [-0.2, -0.15) is 0 Å². The third kappa shape index (κ3) is 3.52. The van der Waals surface area contributed by atoms with E-state index >= 15 is 0 Å². The molecule has 4 rings (SSSR count). The first-order valence-electron chi connectivity index (χ1n) is 9.77. The van der Waals surface area contributed by atoms with Crippen LogP contribution in [0.4, 0.5) is 5.13 Å². The van der Waals surface area contributed by atoms with Gasteiger partial charge in [0.05, 0.1) is 26.1 Å². The Labute approximate surface area is 187 Å². The number of hydrogen-bond donors (Lipinski definition) is 1. The van der Waals surface area contributed by atoms with Crippen LogP contribution in [0, 0.1) is 0 Å². The molecule has 166 valence electrons. The van der Waals surface area contributed by atoms with Gasteiger partial charge in [0.15, 0.2) is 11.5 Å². The molecule has 9 nitrogen and oxygen atoms in total. The van der Waals surface area contributed by atoms with Gasteiger partial charge in [-0.25, -0.2) is 0 Å². The maximum atomic E-state index is 13.3. The summed E-state index contributed by atoms with van der Waals surface area (Å²) in [5.41, 5.74) is 0.304. The van der Waals surface area contributed by atoms with Gasteiger partial charge >= 0.3 is 0 Å². The summed E-state index contributed by atoms with van der Waals surface area (Å²) in [7, 11) is 2.98. The summed E-state index contributed by atoms with van der Waals surface area (Å²) in [6, 6.07) is 7.02. The van der Waals surface area contributed by atoms with Gasteiger partial charge in [-0.15, -0.1) is 10.2 Å². The van der Waals surface area contributed by atoms with E-state index in [1.807, 2.05) is 13.8 Å². The third-order valence-electron chi connectivity index (χ3n) is 5.06. The number of anilines is 1. The fraction of sp³-hybridized carbons (Fsp3) is 0.273. The number of aromatic nitrogens is 2. The van der Waals surface area contributed by atoms with Crippen molar-refractivity contribution in [3.05, 3.63) is 64.3 Å². The molecule has 0 saturated carbocycles. The molecule has 0 unspecified atom stereocenters. The molecule has 10 heteroatoms. The summed E-state index contributed by atoms with van der Waals surface area (Å²) < 4.78 is 16.1. The molecule has 2 aromatic heterocycles. The Bertz CT molecular complexity index is 1200. The molecular formula is C22H21N3O6S. The zero-order valence-corrected chi connectivity index (χ0v) is 18.7. The number of hydrogen-bond acceptors (Lipinski definition) is 9. The number of ketones is 1. The number of methoxy groups -OCH3 is 2. The lowest BCUT2D eigenvalue weighted by Gasteiger charge is -2.25.